The van der Waals surface area contributed by atoms with Crippen molar-refractivity contribution in [3.05, 3.63) is 23.8 Å². The average molecular weight is 252 g/mol. The predicted molar refractivity (Wildman–Crippen MR) is 72.0 cm³/mol. The van der Waals surface area contributed by atoms with Gasteiger partial charge in [-0.1, -0.05) is 25.5 Å². The third kappa shape index (κ3) is 4.30. The molecular weight excluding hydrogens is 228 g/mol. The lowest BCUT2D eigenvalue weighted by molar-refractivity contribution is -0.153. The number of hydrogen-bond donors (Lipinski definition) is 1. The van der Waals surface area contributed by atoms with Crippen molar-refractivity contribution < 1.29 is 14.6 Å². The molecule has 0 aromatic rings. The van der Waals surface area contributed by atoms with Gasteiger partial charge in [-0.05, 0) is 44.6 Å². The first kappa shape index (κ1) is 15.0. The van der Waals surface area contributed by atoms with Crippen LogP contribution in [0.15, 0.2) is 23.8 Å². The van der Waals surface area contributed by atoms with Crippen LogP contribution in [0.5, 0.6) is 0 Å². The first-order valence-corrected chi connectivity index (χ1v) is 6.62. The Morgan fingerprint density at radius 2 is 2.22 bits per heavy atom. The van der Waals surface area contributed by atoms with Crippen LogP contribution in [-0.2, 0) is 9.53 Å². The summed E-state index contributed by atoms with van der Waals surface area (Å²) in [5.41, 5.74) is 1.37. The second kappa shape index (κ2) is 6.74. The highest BCUT2D eigenvalue weighted by molar-refractivity contribution is 5.83. The summed E-state index contributed by atoms with van der Waals surface area (Å²) in [4.78, 5) is 11.2. The fraction of sp³-hybridized carbons (Fsp3) is 0.667. The van der Waals surface area contributed by atoms with E-state index in [-0.39, 0.29) is 11.9 Å². The molecule has 1 heterocycles. The fourth-order valence-electron chi connectivity index (χ4n) is 2.50. The van der Waals surface area contributed by atoms with Crippen molar-refractivity contribution in [3.63, 3.8) is 0 Å². The number of hydrogen-bond acceptors (Lipinski definition) is 3. The van der Waals surface area contributed by atoms with Gasteiger partial charge in [-0.15, -0.1) is 0 Å². The summed E-state index contributed by atoms with van der Waals surface area (Å²) in [7, 11) is 0. The third-order valence-electron chi connectivity index (χ3n) is 3.52. The zero-order valence-electron chi connectivity index (χ0n) is 11.7. The summed E-state index contributed by atoms with van der Waals surface area (Å²) < 4.78 is 5.20. The number of carbonyl (C=O) groups excluding carboxylic acids is 1. The van der Waals surface area contributed by atoms with Crippen molar-refractivity contribution in [2.24, 2.45) is 11.8 Å². The number of aliphatic hydroxyl groups excluding tert-OH is 1. The molecule has 0 spiro atoms. The number of ether oxygens (including phenoxy) is 1. The van der Waals surface area contributed by atoms with Crippen molar-refractivity contribution in [2.45, 2.75) is 52.7 Å². The lowest BCUT2D eigenvalue weighted by Crippen LogP contribution is -2.38. The summed E-state index contributed by atoms with van der Waals surface area (Å²) in [6.45, 7) is 8.39. The van der Waals surface area contributed by atoms with Crippen LogP contribution < -0.4 is 0 Å². The van der Waals surface area contributed by atoms with E-state index < -0.39 is 12.2 Å². The number of allylic oxidation sites excluding steroid dienone is 2. The van der Waals surface area contributed by atoms with Crippen molar-refractivity contribution in [2.75, 3.05) is 0 Å². The molecule has 1 N–H and O–H groups in total. The van der Waals surface area contributed by atoms with E-state index in [1.54, 1.807) is 0 Å². The van der Waals surface area contributed by atoms with E-state index in [4.69, 9.17) is 4.74 Å². The zero-order chi connectivity index (χ0) is 13.7. The maximum atomic E-state index is 11.2. The summed E-state index contributed by atoms with van der Waals surface area (Å²) in [6.07, 6.45) is 5.85. The minimum Gasteiger partial charge on any atom is -0.456 e. The molecule has 4 atom stereocenters. The quantitative estimate of drug-likeness (QED) is 0.604. The standard InChI is InChI=1S/C15H24O3/c1-5-10(2)8-11(3)9-12(4)15-13(16)6-7-14(17)18-15/h5-7,11-13,15-16H,8-9H2,1-4H3/b10-5+/t11-,12-,13+,15+/m0/s1. The zero-order valence-corrected chi connectivity index (χ0v) is 11.7. The molecule has 0 aliphatic carbocycles. The Kier molecular flexibility index (Phi) is 5.60. The van der Waals surface area contributed by atoms with Gasteiger partial charge in [0.25, 0.3) is 0 Å². The van der Waals surface area contributed by atoms with Gasteiger partial charge in [-0.25, -0.2) is 4.79 Å². The van der Waals surface area contributed by atoms with E-state index in [1.807, 2.05) is 13.8 Å². The van der Waals surface area contributed by atoms with Gasteiger partial charge in [-0.2, -0.15) is 0 Å². The molecule has 1 rings (SSSR count). The second-order valence-corrected chi connectivity index (χ2v) is 5.41. The topological polar surface area (TPSA) is 46.5 Å². The monoisotopic (exact) mass is 252 g/mol. The Morgan fingerprint density at radius 3 is 2.83 bits per heavy atom. The molecule has 0 saturated carbocycles. The molecule has 102 valence electrons. The number of cyclic esters (lactones) is 1. The van der Waals surface area contributed by atoms with Crippen molar-refractivity contribution in [1.29, 1.82) is 0 Å². The van der Waals surface area contributed by atoms with Gasteiger partial charge in [0.1, 0.15) is 12.2 Å². The summed E-state index contributed by atoms with van der Waals surface area (Å²) in [5, 5.41) is 9.82. The molecule has 0 saturated heterocycles. The van der Waals surface area contributed by atoms with Crippen LogP contribution >= 0.6 is 0 Å². The number of esters is 1. The van der Waals surface area contributed by atoms with Crippen molar-refractivity contribution in [3.8, 4) is 0 Å². The predicted octanol–water partition coefficient (Wildman–Crippen LogP) is 2.85. The van der Waals surface area contributed by atoms with Gasteiger partial charge in [-0.3, -0.25) is 0 Å². The first-order chi connectivity index (χ1) is 8.43. The van der Waals surface area contributed by atoms with Crippen LogP contribution in [-0.4, -0.2) is 23.3 Å². The van der Waals surface area contributed by atoms with Crippen LogP contribution in [0.3, 0.4) is 0 Å². The van der Waals surface area contributed by atoms with Crippen molar-refractivity contribution >= 4 is 5.97 Å². The van der Waals surface area contributed by atoms with E-state index in [0.29, 0.717) is 5.92 Å². The van der Waals surface area contributed by atoms with Gasteiger partial charge in [0.05, 0.1) is 0 Å². The maximum Gasteiger partial charge on any atom is 0.330 e. The molecular formula is C15H24O3. The van der Waals surface area contributed by atoms with Gasteiger partial charge >= 0.3 is 5.97 Å². The van der Waals surface area contributed by atoms with Gasteiger partial charge in [0.2, 0.25) is 0 Å². The molecule has 0 aromatic heterocycles. The van der Waals surface area contributed by atoms with Crippen LogP contribution in [0.2, 0.25) is 0 Å². The molecule has 0 aromatic carbocycles. The van der Waals surface area contributed by atoms with E-state index in [0.717, 1.165) is 12.8 Å². The highest BCUT2D eigenvalue weighted by Crippen LogP contribution is 2.26. The Hall–Kier alpha value is -1.09. The van der Waals surface area contributed by atoms with Crippen LogP contribution in [0.25, 0.3) is 0 Å². The lowest BCUT2D eigenvalue weighted by Gasteiger charge is -2.30. The SMILES string of the molecule is C/C=C(\C)C[C@H](C)C[C@H](C)[C@H]1OC(=O)C=C[C@H]1O. The van der Waals surface area contributed by atoms with Crippen LogP contribution in [0.1, 0.15) is 40.5 Å². The molecule has 3 heteroatoms. The third-order valence-corrected chi connectivity index (χ3v) is 3.52. The summed E-state index contributed by atoms with van der Waals surface area (Å²) >= 11 is 0. The van der Waals surface area contributed by atoms with Gasteiger partial charge in [0, 0.05) is 6.08 Å². The van der Waals surface area contributed by atoms with E-state index in [1.165, 1.54) is 17.7 Å². The molecule has 0 unspecified atom stereocenters. The second-order valence-electron chi connectivity index (χ2n) is 5.41. The highest BCUT2D eigenvalue weighted by atomic mass is 16.6. The van der Waals surface area contributed by atoms with Crippen LogP contribution in [0, 0.1) is 11.8 Å². The molecule has 0 bridgehead atoms. The number of carbonyl (C=O) groups is 1. The largest absolute Gasteiger partial charge is 0.456 e. The Balaban J connectivity index is 2.52. The summed E-state index contributed by atoms with van der Waals surface area (Å²) in [6, 6.07) is 0. The average Bonchev–Trinajstić information content (AvgIpc) is 2.31. The first-order valence-electron chi connectivity index (χ1n) is 6.62. The van der Waals surface area contributed by atoms with Gasteiger partial charge in [0.15, 0.2) is 0 Å². The number of rotatable bonds is 5. The van der Waals surface area contributed by atoms with E-state index >= 15 is 0 Å². The molecule has 0 radical (unpaired) electrons. The van der Waals surface area contributed by atoms with E-state index in [9.17, 15) is 9.90 Å². The van der Waals surface area contributed by atoms with E-state index in [2.05, 4.69) is 19.9 Å². The minimum atomic E-state index is -0.673. The van der Waals surface area contributed by atoms with Crippen LogP contribution in [0.4, 0.5) is 0 Å². The van der Waals surface area contributed by atoms with Gasteiger partial charge < -0.3 is 9.84 Å². The Bertz CT molecular complexity index is 344. The summed E-state index contributed by atoms with van der Waals surface area (Å²) in [5.74, 6) is 0.330. The molecule has 3 nitrogen and oxygen atoms in total. The van der Waals surface area contributed by atoms with Crippen molar-refractivity contribution in [1.82, 2.24) is 0 Å². The molecule has 0 fully saturated rings. The lowest BCUT2D eigenvalue weighted by atomic mass is 9.86. The smallest absolute Gasteiger partial charge is 0.330 e. The Labute approximate surface area is 110 Å². The molecule has 0 amide bonds. The molecule has 18 heavy (non-hydrogen) atoms. The fourth-order valence-corrected chi connectivity index (χ4v) is 2.50. The molecule has 1 aliphatic heterocycles. The minimum absolute atomic E-state index is 0.161. The normalized spacial score (nSPS) is 27.8. The molecule has 1 aliphatic rings. The Morgan fingerprint density at radius 1 is 1.56 bits per heavy atom. The number of aliphatic hydroxyl groups is 1. The highest BCUT2D eigenvalue weighted by Gasteiger charge is 2.30. The maximum absolute atomic E-state index is 11.2.